The molecule has 18 heteroatoms. The fourth-order valence-corrected chi connectivity index (χ4v) is 7.16. The highest BCUT2D eigenvalue weighted by Gasteiger charge is 2.56. The Labute approximate surface area is 298 Å². The van der Waals surface area contributed by atoms with Gasteiger partial charge in [-0.05, 0) is 31.0 Å². The minimum Gasteiger partial charge on any atom is -0.491 e. The highest BCUT2D eigenvalue weighted by Crippen LogP contribution is 2.42. The lowest BCUT2D eigenvalue weighted by atomic mass is 9.82. The van der Waals surface area contributed by atoms with E-state index in [1.165, 1.54) is 12.0 Å². The number of piperazine rings is 1. The van der Waals surface area contributed by atoms with Gasteiger partial charge >= 0.3 is 18.3 Å². The maximum atomic E-state index is 14.7. The molecule has 0 unspecified atom stereocenters. The number of carboxylic acid groups (broad SMARTS) is 1. The minimum atomic E-state index is -4.91. The lowest BCUT2D eigenvalue weighted by Crippen LogP contribution is -2.70. The highest BCUT2D eigenvalue weighted by atomic mass is 32.1. The van der Waals surface area contributed by atoms with Crippen LogP contribution < -0.4 is 14.4 Å². The van der Waals surface area contributed by atoms with Gasteiger partial charge in [0.25, 0.3) is 11.8 Å². The number of aromatic nitrogens is 1. The van der Waals surface area contributed by atoms with Crippen molar-refractivity contribution in [1.82, 2.24) is 14.8 Å². The zero-order chi connectivity index (χ0) is 37.7. The van der Waals surface area contributed by atoms with Gasteiger partial charge in [0.2, 0.25) is 5.60 Å². The molecule has 0 spiro atoms. The van der Waals surface area contributed by atoms with E-state index in [-0.39, 0.29) is 70.9 Å². The molecule has 0 radical (unpaired) electrons. The van der Waals surface area contributed by atoms with Crippen LogP contribution in [0.1, 0.15) is 46.5 Å². The molecule has 282 valence electrons. The fourth-order valence-electron chi connectivity index (χ4n) is 6.49. The summed E-state index contributed by atoms with van der Waals surface area (Å²) in [5, 5.41) is 10.0. The SMILES string of the molecule is COC[C@H]1N(C(=O)c2cnccc2C(F)(F)F)CCC[C@@]1(Oc1csc(C(F)(F)F)c1)C(=O)N1CCN(c2ccccc2OCCCC(=O)O)CC1. The quantitative estimate of drug-likeness (QED) is 0.179. The van der Waals surface area contributed by atoms with Crippen molar-refractivity contribution in [3.05, 3.63) is 70.2 Å². The summed E-state index contributed by atoms with van der Waals surface area (Å²) < 4.78 is 100. The number of likely N-dealkylation sites (tertiary alicyclic amines) is 1. The van der Waals surface area contributed by atoms with Gasteiger partial charge in [-0.2, -0.15) is 26.3 Å². The molecule has 2 atom stereocenters. The summed E-state index contributed by atoms with van der Waals surface area (Å²) >= 11 is 0.354. The second-order valence-corrected chi connectivity index (χ2v) is 13.1. The van der Waals surface area contributed by atoms with Gasteiger partial charge in [-0.25, -0.2) is 0 Å². The molecule has 2 aromatic heterocycles. The van der Waals surface area contributed by atoms with Crippen LogP contribution in [0.4, 0.5) is 32.0 Å². The van der Waals surface area contributed by atoms with Crippen molar-refractivity contribution in [1.29, 1.82) is 0 Å². The number of carbonyl (C=O) groups excluding carboxylic acids is 2. The van der Waals surface area contributed by atoms with E-state index in [1.54, 1.807) is 18.2 Å². The molecule has 1 aromatic carbocycles. The predicted octanol–water partition coefficient (Wildman–Crippen LogP) is 5.84. The Bertz CT molecular complexity index is 1730. The third-order valence-corrected chi connectivity index (χ3v) is 9.84. The number of benzene rings is 1. The molecule has 2 fully saturated rings. The lowest BCUT2D eigenvalue weighted by molar-refractivity contribution is -0.162. The molecule has 2 amide bonds. The van der Waals surface area contributed by atoms with Gasteiger partial charge in [0.1, 0.15) is 22.4 Å². The summed E-state index contributed by atoms with van der Waals surface area (Å²) in [7, 11) is 1.27. The van der Waals surface area contributed by atoms with Crippen LogP contribution in [0.5, 0.6) is 11.5 Å². The Hall–Kier alpha value is -4.58. The lowest BCUT2D eigenvalue weighted by Gasteiger charge is -2.50. The van der Waals surface area contributed by atoms with E-state index in [0.717, 1.165) is 28.7 Å². The summed E-state index contributed by atoms with van der Waals surface area (Å²) in [5.74, 6) is -2.46. The van der Waals surface area contributed by atoms with Gasteiger partial charge in [-0.15, -0.1) is 11.3 Å². The molecule has 2 saturated heterocycles. The van der Waals surface area contributed by atoms with Gasteiger partial charge in [0.15, 0.2) is 0 Å². The van der Waals surface area contributed by atoms with Crippen LogP contribution in [-0.2, 0) is 26.7 Å². The number of hydrogen-bond acceptors (Lipinski definition) is 9. The van der Waals surface area contributed by atoms with Crippen molar-refractivity contribution in [3.8, 4) is 11.5 Å². The van der Waals surface area contributed by atoms with Crippen molar-refractivity contribution in [2.45, 2.75) is 49.7 Å². The van der Waals surface area contributed by atoms with Gasteiger partial charge in [-0.1, -0.05) is 12.1 Å². The van der Waals surface area contributed by atoms with E-state index in [2.05, 4.69) is 4.98 Å². The Balaban J connectivity index is 1.45. The van der Waals surface area contributed by atoms with Crippen molar-refractivity contribution in [2.24, 2.45) is 0 Å². The standard InChI is InChI=1S/C34H36F6N4O7S/c1-49-20-27-32(51-22-18-28(52-21-22)34(38,39)40,10-5-12-44(27)30(47)23-19-41-11-9-24(23)33(35,36)37)31(48)43-15-13-42(14-16-43)25-6-2-3-7-26(25)50-17-4-8-29(45)46/h2-3,6-7,9,11,18-19,21,27H,4-5,8,10,12-17,20H2,1H3,(H,45,46)/t27-,32+/m1/s1. The van der Waals surface area contributed by atoms with Crippen molar-refractivity contribution >= 4 is 34.8 Å². The molecule has 11 nitrogen and oxygen atoms in total. The summed E-state index contributed by atoms with van der Waals surface area (Å²) in [6.07, 6.45) is -7.69. The number of carbonyl (C=O) groups is 3. The Morgan fingerprint density at radius 3 is 2.40 bits per heavy atom. The molecule has 2 aliphatic rings. The van der Waals surface area contributed by atoms with Crippen molar-refractivity contribution in [2.75, 3.05) is 57.9 Å². The van der Waals surface area contributed by atoms with Gasteiger partial charge in [0.05, 0.1) is 30.0 Å². The number of nitrogens with zero attached hydrogens (tertiary/aromatic N) is 4. The number of halogens is 6. The summed E-state index contributed by atoms with van der Waals surface area (Å²) in [6.45, 7) is 0.493. The molecule has 1 N–H and O–H groups in total. The van der Waals surface area contributed by atoms with Crippen LogP contribution in [0.3, 0.4) is 0 Å². The number of para-hydroxylation sites is 2. The second kappa shape index (κ2) is 16.0. The molecule has 52 heavy (non-hydrogen) atoms. The number of hydrogen-bond donors (Lipinski definition) is 1. The topological polar surface area (TPSA) is 122 Å². The number of thiophene rings is 1. The van der Waals surface area contributed by atoms with E-state index in [0.29, 0.717) is 35.3 Å². The van der Waals surface area contributed by atoms with Crippen LogP contribution in [0.15, 0.2) is 54.2 Å². The first-order valence-electron chi connectivity index (χ1n) is 16.3. The summed E-state index contributed by atoms with van der Waals surface area (Å²) in [6, 6.07) is 7.18. The normalized spacial score (nSPS) is 19.8. The molecule has 3 aromatic rings. The number of aliphatic carboxylic acids is 1. The molecule has 2 aliphatic heterocycles. The number of anilines is 1. The molecule has 0 aliphatic carbocycles. The third-order valence-electron chi connectivity index (χ3n) is 8.89. The first-order chi connectivity index (χ1) is 24.7. The number of methoxy groups -OCH3 is 1. The summed E-state index contributed by atoms with van der Waals surface area (Å²) in [5.41, 5.74) is -3.33. The zero-order valence-electron chi connectivity index (χ0n) is 27.9. The minimum absolute atomic E-state index is 0.0610. The zero-order valence-corrected chi connectivity index (χ0v) is 28.7. The number of ether oxygens (including phenoxy) is 3. The van der Waals surface area contributed by atoms with Crippen LogP contribution in [0.2, 0.25) is 0 Å². The van der Waals surface area contributed by atoms with Crippen molar-refractivity contribution in [3.63, 3.8) is 0 Å². The average molecular weight is 759 g/mol. The number of piperidine rings is 1. The van der Waals surface area contributed by atoms with Gasteiger partial charge in [-0.3, -0.25) is 19.4 Å². The maximum Gasteiger partial charge on any atom is 0.425 e. The molecular weight excluding hydrogens is 722 g/mol. The van der Waals surface area contributed by atoms with E-state index in [4.69, 9.17) is 19.3 Å². The number of rotatable bonds is 12. The van der Waals surface area contributed by atoms with E-state index < -0.39 is 57.8 Å². The van der Waals surface area contributed by atoms with E-state index in [1.807, 2.05) is 11.0 Å². The molecular formula is C34H36F6N4O7S. The van der Waals surface area contributed by atoms with E-state index in [9.17, 15) is 40.7 Å². The maximum absolute atomic E-state index is 14.7. The van der Waals surface area contributed by atoms with E-state index >= 15 is 0 Å². The van der Waals surface area contributed by atoms with Gasteiger partial charge < -0.3 is 34.0 Å². The molecule has 5 rings (SSSR count). The van der Waals surface area contributed by atoms with Crippen LogP contribution in [0.25, 0.3) is 0 Å². The smallest absolute Gasteiger partial charge is 0.425 e. The fraction of sp³-hybridized carbons (Fsp3) is 0.471. The summed E-state index contributed by atoms with van der Waals surface area (Å²) in [4.78, 5) is 46.8. The number of pyridine rings is 1. The first kappa shape index (κ1) is 38.6. The number of carboxylic acids is 1. The number of amides is 2. The molecule has 0 saturated carbocycles. The Kier molecular flexibility index (Phi) is 11.9. The second-order valence-electron chi connectivity index (χ2n) is 12.2. The largest absolute Gasteiger partial charge is 0.491 e. The van der Waals surface area contributed by atoms with Crippen molar-refractivity contribution < 1.29 is 60.0 Å². The molecule has 0 bridgehead atoms. The number of alkyl halides is 6. The Morgan fingerprint density at radius 2 is 1.75 bits per heavy atom. The molecule has 4 heterocycles. The Morgan fingerprint density at radius 1 is 1.02 bits per heavy atom. The monoisotopic (exact) mass is 758 g/mol. The first-order valence-corrected chi connectivity index (χ1v) is 17.2. The van der Waals surface area contributed by atoms with Crippen LogP contribution in [0, 0.1) is 0 Å². The highest BCUT2D eigenvalue weighted by molar-refractivity contribution is 7.10. The van der Waals surface area contributed by atoms with Crippen LogP contribution in [-0.4, -0.2) is 102 Å². The average Bonchev–Trinajstić information content (AvgIpc) is 3.59. The predicted molar refractivity (Wildman–Crippen MR) is 175 cm³/mol. The van der Waals surface area contributed by atoms with Crippen LogP contribution >= 0.6 is 11.3 Å². The third kappa shape index (κ3) is 8.54. The van der Waals surface area contributed by atoms with Gasteiger partial charge in [0, 0.05) is 76.5 Å².